The van der Waals surface area contributed by atoms with Crippen molar-refractivity contribution in [2.24, 2.45) is 0 Å². The summed E-state index contributed by atoms with van der Waals surface area (Å²) in [5, 5.41) is 11.2. The molecule has 0 fully saturated rings. The lowest BCUT2D eigenvalue weighted by Crippen LogP contribution is -2.40. The van der Waals surface area contributed by atoms with Crippen LogP contribution in [0.2, 0.25) is 0 Å². The molecule has 3 aromatic rings. The van der Waals surface area contributed by atoms with Gasteiger partial charge in [-0.25, -0.2) is 0 Å². The van der Waals surface area contributed by atoms with Crippen LogP contribution < -0.4 is 0 Å². The van der Waals surface area contributed by atoms with E-state index in [0.29, 0.717) is 28.8 Å². The van der Waals surface area contributed by atoms with Crippen molar-refractivity contribution < 1.29 is 9.59 Å². The molecule has 0 N–H and O–H groups in total. The number of unbranched alkanes of at least 4 members (excludes halogenated alkanes) is 1. The van der Waals surface area contributed by atoms with Gasteiger partial charge in [0.25, 0.3) is 11.8 Å². The van der Waals surface area contributed by atoms with E-state index in [4.69, 9.17) is 0 Å². The van der Waals surface area contributed by atoms with Crippen molar-refractivity contribution in [3.8, 4) is 6.07 Å². The zero-order valence-electron chi connectivity index (χ0n) is 15.6. The number of hydrogen-bond donors (Lipinski definition) is 0. The zero-order chi connectivity index (χ0) is 19.7. The molecule has 5 heteroatoms. The van der Waals surface area contributed by atoms with Gasteiger partial charge in [-0.1, -0.05) is 37.6 Å². The highest BCUT2D eigenvalue weighted by molar-refractivity contribution is 6.25. The first-order valence-corrected chi connectivity index (χ1v) is 9.39. The highest BCUT2D eigenvalue weighted by Gasteiger charge is 2.33. The Balaban J connectivity index is 1.91. The predicted octanol–water partition coefficient (Wildman–Crippen LogP) is 4.29. The number of imide groups is 1. The summed E-state index contributed by atoms with van der Waals surface area (Å²) in [5.41, 5.74) is 2.43. The molecule has 1 atom stereocenters. The van der Waals surface area contributed by atoms with Crippen LogP contribution in [-0.2, 0) is 0 Å². The summed E-state index contributed by atoms with van der Waals surface area (Å²) in [4.78, 5) is 31.6. The Hall–Kier alpha value is -3.52. The van der Waals surface area contributed by atoms with Gasteiger partial charge in [-0.3, -0.25) is 19.5 Å². The Morgan fingerprint density at radius 3 is 2.50 bits per heavy atom. The molecule has 4 rings (SSSR count). The molecule has 1 aromatic heterocycles. The number of carbonyl (C=O) groups is 2. The van der Waals surface area contributed by atoms with Crippen LogP contribution in [0.1, 0.15) is 57.7 Å². The molecule has 1 aliphatic heterocycles. The van der Waals surface area contributed by atoms with Crippen LogP contribution in [0.3, 0.4) is 0 Å². The van der Waals surface area contributed by atoms with Crippen molar-refractivity contribution in [1.29, 1.82) is 5.26 Å². The average molecular weight is 369 g/mol. The van der Waals surface area contributed by atoms with Crippen molar-refractivity contribution in [1.82, 2.24) is 9.88 Å². The molecule has 138 valence electrons. The van der Waals surface area contributed by atoms with Crippen molar-refractivity contribution in [3.05, 3.63) is 77.1 Å². The Kier molecular flexibility index (Phi) is 4.62. The second kappa shape index (κ2) is 7.24. The average Bonchev–Trinajstić information content (AvgIpc) is 2.74. The molecular formula is C23H19N3O2. The fourth-order valence-electron chi connectivity index (χ4n) is 3.78. The molecule has 1 unspecified atom stereocenters. The molecule has 2 amide bonds. The van der Waals surface area contributed by atoms with Crippen molar-refractivity contribution >= 4 is 22.6 Å². The maximum Gasteiger partial charge on any atom is 0.261 e. The highest BCUT2D eigenvalue weighted by Crippen LogP contribution is 2.36. The van der Waals surface area contributed by atoms with Gasteiger partial charge in [0.05, 0.1) is 11.8 Å². The normalized spacial score (nSPS) is 14.2. The molecule has 0 spiro atoms. The van der Waals surface area contributed by atoms with Gasteiger partial charge in [0.1, 0.15) is 5.92 Å². The molecule has 0 saturated carbocycles. The third kappa shape index (κ3) is 2.74. The predicted molar refractivity (Wildman–Crippen MR) is 106 cm³/mol. The number of rotatable bonds is 5. The Morgan fingerprint density at radius 1 is 1.04 bits per heavy atom. The van der Waals surface area contributed by atoms with E-state index in [2.05, 4.69) is 11.1 Å². The van der Waals surface area contributed by atoms with Crippen molar-refractivity contribution in [3.63, 3.8) is 0 Å². The third-order valence-corrected chi connectivity index (χ3v) is 5.18. The number of carbonyl (C=O) groups excluding carboxylic acids is 2. The number of amides is 2. The minimum atomic E-state index is -0.575. The summed E-state index contributed by atoms with van der Waals surface area (Å²) in [7, 11) is 0. The van der Waals surface area contributed by atoms with E-state index in [0.717, 1.165) is 23.8 Å². The first-order valence-electron chi connectivity index (χ1n) is 9.39. The van der Waals surface area contributed by atoms with Crippen LogP contribution in [0.4, 0.5) is 0 Å². The van der Waals surface area contributed by atoms with Crippen LogP contribution in [0, 0.1) is 11.3 Å². The Labute approximate surface area is 163 Å². The summed E-state index contributed by atoms with van der Waals surface area (Å²) in [5.74, 6) is -1.10. The fourth-order valence-corrected chi connectivity index (χ4v) is 3.78. The number of pyridine rings is 1. The smallest absolute Gasteiger partial charge is 0.261 e. The van der Waals surface area contributed by atoms with E-state index < -0.39 is 5.92 Å². The number of nitrogens with zero attached hydrogens (tertiary/aromatic N) is 3. The van der Waals surface area contributed by atoms with E-state index >= 15 is 0 Å². The van der Waals surface area contributed by atoms with E-state index in [9.17, 15) is 14.9 Å². The van der Waals surface area contributed by atoms with E-state index in [-0.39, 0.29) is 11.8 Å². The van der Waals surface area contributed by atoms with Crippen molar-refractivity contribution in [2.45, 2.75) is 25.7 Å². The molecule has 2 heterocycles. The summed E-state index contributed by atoms with van der Waals surface area (Å²) in [6.07, 6.45) is 3.33. The van der Waals surface area contributed by atoms with Gasteiger partial charge in [0.2, 0.25) is 0 Å². The van der Waals surface area contributed by atoms with Crippen molar-refractivity contribution in [2.75, 3.05) is 6.54 Å². The lowest BCUT2D eigenvalue weighted by atomic mass is 9.86. The van der Waals surface area contributed by atoms with E-state index in [1.165, 1.54) is 4.90 Å². The van der Waals surface area contributed by atoms with Gasteiger partial charge in [-0.05, 0) is 41.6 Å². The topological polar surface area (TPSA) is 74.1 Å². The van der Waals surface area contributed by atoms with Gasteiger partial charge in [-0.2, -0.15) is 5.26 Å². The van der Waals surface area contributed by atoms with Gasteiger partial charge >= 0.3 is 0 Å². The van der Waals surface area contributed by atoms with Crippen LogP contribution in [-0.4, -0.2) is 28.2 Å². The number of hydrogen-bond acceptors (Lipinski definition) is 4. The van der Waals surface area contributed by atoms with Gasteiger partial charge in [-0.15, -0.1) is 0 Å². The number of aromatic nitrogens is 1. The highest BCUT2D eigenvalue weighted by atomic mass is 16.2. The molecule has 5 nitrogen and oxygen atoms in total. The lowest BCUT2D eigenvalue weighted by molar-refractivity contribution is 0.0608. The first kappa shape index (κ1) is 17.9. The van der Waals surface area contributed by atoms with Gasteiger partial charge in [0, 0.05) is 29.3 Å². The van der Waals surface area contributed by atoms with Gasteiger partial charge in [0.15, 0.2) is 0 Å². The molecule has 1 aliphatic rings. The van der Waals surface area contributed by atoms with Crippen LogP contribution >= 0.6 is 0 Å². The molecule has 0 saturated heterocycles. The Morgan fingerprint density at radius 2 is 1.82 bits per heavy atom. The minimum Gasteiger partial charge on any atom is -0.274 e. The molecule has 2 aromatic carbocycles. The lowest BCUT2D eigenvalue weighted by Gasteiger charge is -2.28. The fraction of sp³-hybridized carbons (Fsp3) is 0.217. The first-order chi connectivity index (χ1) is 13.7. The van der Waals surface area contributed by atoms with E-state index in [1.54, 1.807) is 24.4 Å². The molecule has 0 bridgehead atoms. The van der Waals surface area contributed by atoms with E-state index in [1.807, 2.05) is 37.3 Å². The summed E-state index contributed by atoms with van der Waals surface area (Å²) in [6.45, 7) is 2.44. The minimum absolute atomic E-state index is 0.264. The monoisotopic (exact) mass is 369 g/mol. The molecule has 0 radical (unpaired) electrons. The quantitative estimate of drug-likeness (QED) is 0.629. The maximum absolute atomic E-state index is 13.0. The van der Waals surface area contributed by atoms with Gasteiger partial charge < -0.3 is 0 Å². The molecular weight excluding hydrogens is 350 g/mol. The van der Waals surface area contributed by atoms with Crippen LogP contribution in [0.5, 0.6) is 0 Å². The summed E-state index contributed by atoms with van der Waals surface area (Å²) < 4.78 is 0. The molecule has 0 aliphatic carbocycles. The number of nitriles is 1. The van der Waals surface area contributed by atoms with Crippen LogP contribution in [0.25, 0.3) is 10.8 Å². The maximum atomic E-state index is 13.0. The largest absolute Gasteiger partial charge is 0.274 e. The molecule has 28 heavy (non-hydrogen) atoms. The zero-order valence-corrected chi connectivity index (χ0v) is 15.6. The summed E-state index contributed by atoms with van der Waals surface area (Å²) in [6, 6.07) is 16.8. The number of benzene rings is 2. The third-order valence-electron chi connectivity index (χ3n) is 5.18. The summed E-state index contributed by atoms with van der Waals surface area (Å²) >= 11 is 0. The SMILES string of the molecule is CCCCN1C(=O)c2cccc3c(C(C#N)c4ccccn4)ccc(c23)C1=O. The standard InChI is InChI=1S/C23H19N3O2/c1-2-3-13-26-22(27)17-8-6-7-16-15(10-11-18(21(16)17)23(26)28)19(14-24)20-9-4-5-12-25-20/h4-12,19H,2-3,13H2,1H3. The second-order valence-electron chi connectivity index (χ2n) is 6.86. The van der Waals surface area contributed by atoms with Crippen LogP contribution in [0.15, 0.2) is 54.7 Å². The second-order valence-corrected chi connectivity index (χ2v) is 6.86. The Bertz CT molecular complexity index is 1090.